The monoisotopic (exact) mass is 633 g/mol. The molecule has 0 N–H and O–H groups in total. The highest BCUT2D eigenvalue weighted by molar-refractivity contribution is 6.19. The second-order valence-electron chi connectivity index (χ2n) is 13.5. The number of para-hydroxylation sites is 2. The molecule has 0 fully saturated rings. The van der Waals surface area contributed by atoms with E-state index in [-0.39, 0.29) is 0 Å². The Labute approximate surface area is 290 Å². The Morgan fingerprint density at radius 2 is 0.620 bits per heavy atom. The molecule has 232 valence electrons. The summed E-state index contributed by atoms with van der Waals surface area (Å²) in [4.78, 5) is 0. The lowest BCUT2D eigenvalue weighted by Crippen LogP contribution is -2.27. The Hall–Kier alpha value is -6.44. The van der Waals surface area contributed by atoms with Crippen LogP contribution < -0.4 is 0 Å². The Morgan fingerprint density at radius 1 is 0.280 bits per heavy atom. The predicted molar refractivity (Wildman–Crippen MR) is 210 cm³/mol. The second kappa shape index (κ2) is 10.3. The van der Waals surface area contributed by atoms with Gasteiger partial charge in [-0.25, -0.2) is 0 Å². The van der Waals surface area contributed by atoms with E-state index in [1.165, 1.54) is 93.5 Å². The average molecular weight is 634 g/mol. The van der Waals surface area contributed by atoms with E-state index in [4.69, 9.17) is 0 Å². The Kier molecular flexibility index (Phi) is 5.66. The molecule has 8 aromatic carbocycles. The molecule has 1 heterocycles. The zero-order chi connectivity index (χ0) is 32.8. The minimum Gasteiger partial charge on any atom is -0.309 e. The van der Waals surface area contributed by atoms with Crippen LogP contribution in [0.1, 0.15) is 22.3 Å². The lowest BCUT2D eigenvalue weighted by atomic mass is 9.70. The van der Waals surface area contributed by atoms with Crippen LogP contribution in [0.15, 0.2) is 188 Å². The molecule has 0 radical (unpaired) electrons. The van der Waals surface area contributed by atoms with Gasteiger partial charge >= 0.3 is 0 Å². The lowest BCUT2D eigenvalue weighted by molar-refractivity contribution is 0.786. The number of hydrogen-bond donors (Lipinski definition) is 0. The summed E-state index contributed by atoms with van der Waals surface area (Å²) in [5.41, 5.74) is 13.7. The van der Waals surface area contributed by atoms with E-state index in [9.17, 15) is 0 Å². The van der Waals surface area contributed by atoms with Crippen LogP contribution in [-0.2, 0) is 5.41 Å². The van der Waals surface area contributed by atoms with Gasteiger partial charge in [0, 0.05) is 16.3 Å². The summed E-state index contributed by atoms with van der Waals surface area (Å²) < 4.78 is 2.57. The van der Waals surface area contributed by atoms with Crippen LogP contribution in [0.5, 0.6) is 0 Å². The van der Waals surface area contributed by atoms with Crippen molar-refractivity contribution in [3.05, 3.63) is 210 Å². The van der Waals surface area contributed by atoms with Gasteiger partial charge in [-0.2, -0.15) is 0 Å². The summed E-state index contributed by atoms with van der Waals surface area (Å²) in [7, 11) is 0. The summed E-state index contributed by atoms with van der Waals surface area (Å²) in [6, 6.07) is 70.0. The molecule has 2 aliphatic rings. The molecule has 1 aromatic heterocycles. The van der Waals surface area contributed by atoms with Crippen LogP contribution in [0.2, 0.25) is 0 Å². The molecule has 0 aliphatic heterocycles. The van der Waals surface area contributed by atoms with Gasteiger partial charge in [-0.1, -0.05) is 170 Å². The van der Waals surface area contributed by atoms with Crippen molar-refractivity contribution < 1.29 is 0 Å². The summed E-state index contributed by atoms with van der Waals surface area (Å²) >= 11 is 0. The minimum atomic E-state index is -0.478. The van der Waals surface area contributed by atoms with Crippen LogP contribution in [-0.4, -0.2) is 4.57 Å². The molecule has 9 aromatic rings. The fourth-order valence-corrected chi connectivity index (χ4v) is 9.41. The minimum absolute atomic E-state index is 0.478. The van der Waals surface area contributed by atoms with Crippen LogP contribution >= 0.6 is 0 Å². The van der Waals surface area contributed by atoms with Crippen molar-refractivity contribution >= 4 is 43.4 Å². The first-order valence-electron chi connectivity index (χ1n) is 17.5. The molecule has 0 atom stereocenters. The topological polar surface area (TPSA) is 4.93 Å². The first-order chi connectivity index (χ1) is 24.9. The van der Waals surface area contributed by atoms with Crippen molar-refractivity contribution in [1.29, 1.82) is 0 Å². The van der Waals surface area contributed by atoms with Gasteiger partial charge < -0.3 is 4.57 Å². The standard InChI is InChI=1S/C49H31N/c1-3-18-34-32(16-1)33-17-2-4-19-35(33)40-24-9-14-30-46(40)50(45-29-13-8-23-39(34)45)47-31-15-25-41-38-22-7-12-28-44(38)49(48(41)47)42-26-10-5-20-36(42)37-21-6-11-27-43(37)49/h1-31H. The third kappa shape index (κ3) is 3.46. The molecular formula is C49H31N. The third-order valence-electron chi connectivity index (χ3n) is 11.2. The zero-order valence-electron chi connectivity index (χ0n) is 27.3. The van der Waals surface area contributed by atoms with Gasteiger partial charge in [0.25, 0.3) is 0 Å². The molecule has 0 unspecified atom stereocenters. The van der Waals surface area contributed by atoms with Gasteiger partial charge in [0.05, 0.1) is 22.1 Å². The van der Waals surface area contributed by atoms with Gasteiger partial charge in [-0.15, -0.1) is 0 Å². The van der Waals surface area contributed by atoms with Gasteiger partial charge in [0.2, 0.25) is 0 Å². The van der Waals surface area contributed by atoms with Crippen molar-refractivity contribution in [2.75, 3.05) is 0 Å². The molecule has 0 saturated heterocycles. The molecule has 0 saturated carbocycles. The summed E-state index contributed by atoms with van der Waals surface area (Å²) in [5.74, 6) is 0. The number of nitrogens with zero attached hydrogens (tertiary/aromatic N) is 1. The van der Waals surface area contributed by atoms with Crippen molar-refractivity contribution in [2.45, 2.75) is 5.41 Å². The van der Waals surface area contributed by atoms with Crippen LogP contribution in [0.3, 0.4) is 0 Å². The van der Waals surface area contributed by atoms with Gasteiger partial charge in [-0.3, -0.25) is 0 Å². The lowest BCUT2D eigenvalue weighted by Gasteiger charge is -2.32. The van der Waals surface area contributed by atoms with Crippen LogP contribution in [0, 0.1) is 0 Å². The van der Waals surface area contributed by atoms with Crippen molar-refractivity contribution in [2.24, 2.45) is 0 Å². The van der Waals surface area contributed by atoms with E-state index >= 15 is 0 Å². The second-order valence-corrected chi connectivity index (χ2v) is 13.5. The Morgan fingerprint density at radius 3 is 1.10 bits per heavy atom. The highest BCUT2D eigenvalue weighted by atomic mass is 15.0. The number of fused-ring (bicyclic) bond motifs is 17. The van der Waals surface area contributed by atoms with E-state index in [1.807, 2.05) is 0 Å². The SMILES string of the molecule is c1ccc2c(c1)-c1ccccc1C21c2ccccc2-c2cccc(-n3c4ccccc4c4ccccc4c4ccccc4c4ccccc43)c21. The smallest absolute Gasteiger partial charge is 0.0746 e. The number of benzene rings is 8. The maximum absolute atomic E-state index is 2.57. The normalized spacial score (nSPS) is 13.4. The first-order valence-corrected chi connectivity index (χ1v) is 17.5. The number of rotatable bonds is 1. The molecule has 50 heavy (non-hydrogen) atoms. The number of hydrogen-bond acceptors (Lipinski definition) is 0. The third-order valence-corrected chi connectivity index (χ3v) is 11.2. The predicted octanol–water partition coefficient (Wildman–Crippen LogP) is 12.6. The van der Waals surface area contributed by atoms with Gasteiger partial charge in [0.1, 0.15) is 0 Å². The molecule has 2 aliphatic carbocycles. The molecule has 1 spiro atoms. The largest absolute Gasteiger partial charge is 0.309 e. The highest BCUT2D eigenvalue weighted by Crippen LogP contribution is 2.64. The fourth-order valence-electron chi connectivity index (χ4n) is 9.41. The highest BCUT2D eigenvalue weighted by Gasteiger charge is 2.52. The quantitative estimate of drug-likeness (QED) is 0.169. The molecule has 1 heteroatoms. The van der Waals surface area contributed by atoms with Crippen molar-refractivity contribution in [3.63, 3.8) is 0 Å². The van der Waals surface area contributed by atoms with E-state index in [0.717, 1.165) is 0 Å². The Bertz CT molecular complexity index is 2770. The van der Waals surface area contributed by atoms with Crippen molar-refractivity contribution in [3.8, 4) is 27.9 Å². The van der Waals surface area contributed by atoms with Gasteiger partial charge in [-0.05, 0) is 78.7 Å². The maximum atomic E-state index is 2.57. The zero-order valence-corrected chi connectivity index (χ0v) is 27.3. The average Bonchev–Trinajstić information content (AvgIpc) is 3.67. The molecule has 1 nitrogen and oxygen atoms in total. The molecule has 0 bridgehead atoms. The maximum Gasteiger partial charge on any atom is 0.0746 e. The molecule has 11 rings (SSSR count). The summed E-state index contributed by atoms with van der Waals surface area (Å²) in [6.45, 7) is 0. The number of aromatic nitrogens is 1. The van der Waals surface area contributed by atoms with Crippen LogP contribution in [0.25, 0.3) is 71.3 Å². The molecular weight excluding hydrogens is 603 g/mol. The van der Waals surface area contributed by atoms with Crippen molar-refractivity contribution in [1.82, 2.24) is 4.57 Å². The first kappa shape index (κ1) is 27.5. The summed E-state index contributed by atoms with van der Waals surface area (Å²) in [6.07, 6.45) is 0. The fraction of sp³-hybridized carbons (Fsp3) is 0.0204. The van der Waals surface area contributed by atoms with E-state index in [0.29, 0.717) is 0 Å². The van der Waals surface area contributed by atoms with E-state index in [2.05, 4.69) is 193 Å². The Balaban J connectivity index is 1.43. The van der Waals surface area contributed by atoms with E-state index < -0.39 is 5.41 Å². The van der Waals surface area contributed by atoms with Crippen LogP contribution in [0.4, 0.5) is 0 Å². The van der Waals surface area contributed by atoms with Gasteiger partial charge in [0.15, 0.2) is 0 Å². The summed E-state index contributed by atoms with van der Waals surface area (Å²) in [5, 5.41) is 7.37. The van der Waals surface area contributed by atoms with E-state index in [1.54, 1.807) is 0 Å². The molecule has 0 amide bonds.